The molecule has 5 rings (SSSR count). The van der Waals surface area contributed by atoms with Crippen LogP contribution >= 0.6 is 0 Å². The van der Waals surface area contributed by atoms with E-state index in [9.17, 15) is 4.79 Å². The summed E-state index contributed by atoms with van der Waals surface area (Å²) >= 11 is 0. The Kier molecular flexibility index (Phi) is 6.49. The van der Waals surface area contributed by atoms with E-state index in [-0.39, 0.29) is 11.8 Å². The molecule has 2 heterocycles. The van der Waals surface area contributed by atoms with E-state index >= 15 is 0 Å². The number of amides is 1. The second-order valence-corrected chi connectivity index (χ2v) is 8.73. The average molecular weight is 452 g/mol. The van der Waals surface area contributed by atoms with Gasteiger partial charge in [-0.15, -0.1) is 0 Å². The van der Waals surface area contributed by atoms with E-state index < -0.39 is 0 Å². The zero-order chi connectivity index (χ0) is 23.3. The van der Waals surface area contributed by atoms with Crippen LogP contribution in [-0.2, 0) is 4.79 Å². The first-order valence-corrected chi connectivity index (χ1v) is 11.8. The predicted octanol–water partition coefficient (Wildman–Crippen LogP) is 4.54. The summed E-state index contributed by atoms with van der Waals surface area (Å²) in [7, 11) is 0. The van der Waals surface area contributed by atoms with Gasteiger partial charge in [0.05, 0.1) is 23.8 Å². The zero-order valence-electron chi connectivity index (χ0n) is 19.4. The first-order valence-electron chi connectivity index (χ1n) is 11.8. The second-order valence-electron chi connectivity index (χ2n) is 8.73. The molecule has 1 saturated heterocycles. The Morgan fingerprint density at radius 3 is 2.09 bits per heavy atom. The van der Waals surface area contributed by atoms with Gasteiger partial charge >= 0.3 is 0 Å². The number of nitrogens with one attached hydrogen (secondary N) is 1. The van der Waals surface area contributed by atoms with Gasteiger partial charge in [0.25, 0.3) is 0 Å². The molecular formula is C28H29N5O. The topological polar surface area (TPSA) is 60.3 Å². The molecule has 0 unspecified atom stereocenters. The number of hydrogen-bond acceptors (Lipinski definition) is 5. The Morgan fingerprint density at radius 2 is 1.41 bits per heavy atom. The van der Waals surface area contributed by atoms with Crippen LogP contribution in [0.4, 0.5) is 17.1 Å². The van der Waals surface area contributed by atoms with Crippen molar-refractivity contribution in [3.05, 3.63) is 90.5 Å². The molecule has 2 aliphatic rings. The van der Waals surface area contributed by atoms with Crippen molar-refractivity contribution in [1.82, 2.24) is 10.2 Å². The molecule has 2 aliphatic heterocycles. The fraction of sp³-hybridized carbons (Fsp3) is 0.250. The Hall–Kier alpha value is -3.77. The van der Waals surface area contributed by atoms with Crippen LogP contribution in [0.1, 0.15) is 18.4 Å². The number of rotatable bonds is 4. The average Bonchev–Trinajstić information content (AvgIpc) is 3.00. The van der Waals surface area contributed by atoms with Crippen molar-refractivity contribution in [3.63, 3.8) is 0 Å². The normalized spacial score (nSPS) is 18.4. The van der Waals surface area contributed by atoms with E-state index in [2.05, 4.69) is 51.5 Å². The number of fused-ring (bicyclic) bond motifs is 1. The van der Waals surface area contributed by atoms with Gasteiger partial charge in [0, 0.05) is 37.6 Å². The molecule has 0 radical (unpaired) electrons. The number of aliphatic imine (C=N–C) groups is 2. The first-order chi connectivity index (χ1) is 16.7. The van der Waals surface area contributed by atoms with E-state index in [0.29, 0.717) is 12.4 Å². The fourth-order valence-corrected chi connectivity index (χ4v) is 4.63. The van der Waals surface area contributed by atoms with Crippen molar-refractivity contribution < 1.29 is 4.79 Å². The summed E-state index contributed by atoms with van der Waals surface area (Å²) in [5.74, 6) is 0.387. The maximum absolute atomic E-state index is 13.2. The third kappa shape index (κ3) is 4.92. The van der Waals surface area contributed by atoms with Crippen LogP contribution in [0, 0.1) is 0 Å². The molecule has 0 spiro atoms. The third-order valence-corrected chi connectivity index (χ3v) is 6.37. The molecule has 1 fully saturated rings. The molecule has 34 heavy (non-hydrogen) atoms. The van der Waals surface area contributed by atoms with E-state index in [1.807, 2.05) is 55.5 Å². The van der Waals surface area contributed by atoms with E-state index in [1.54, 1.807) is 0 Å². The van der Waals surface area contributed by atoms with Gasteiger partial charge in [-0.1, -0.05) is 60.7 Å². The Morgan fingerprint density at radius 1 is 0.824 bits per heavy atom. The molecular weight excluding hydrogens is 422 g/mol. The Bertz CT molecular complexity index is 1200. The van der Waals surface area contributed by atoms with Crippen molar-refractivity contribution in [3.8, 4) is 0 Å². The fourth-order valence-electron chi connectivity index (χ4n) is 4.63. The zero-order valence-corrected chi connectivity index (χ0v) is 19.4. The van der Waals surface area contributed by atoms with Gasteiger partial charge < -0.3 is 10.2 Å². The van der Waals surface area contributed by atoms with E-state index in [1.165, 1.54) is 5.69 Å². The van der Waals surface area contributed by atoms with Gasteiger partial charge in [-0.3, -0.25) is 14.7 Å². The highest BCUT2D eigenvalue weighted by molar-refractivity contribution is 6.17. The SMILES string of the molecule is CC1=Nc2ccccc2N=C(NC(=O)CN2CCN(c3ccccc3)CC2)[C@@H]1c1ccccc1. The highest BCUT2D eigenvalue weighted by Gasteiger charge is 2.27. The maximum atomic E-state index is 13.2. The van der Waals surface area contributed by atoms with E-state index in [4.69, 9.17) is 9.98 Å². The van der Waals surface area contributed by atoms with Gasteiger partial charge in [-0.05, 0) is 36.8 Å². The number of benzene rings is 3. The van der Waals surface area contributed by atoms with Crippen molar-refractivity contribution in [2.24, 2.45) is 9.98 Å². The molecule has 0 saturated carbocycles. The number of nitrogens with zero attached hydrogens (tertiary/aromatic N) is 4. The lowest BCUT2D eigenvalue weighted by molar-refractivity contribution is -0.120. The summed E-state index contributed by atoms with van der Waals surface area (Å²) in [5.41, 5.74) is 4.80. The lowest BCUT2D eigenvalue weighted by Gasteiger charge is -2.35. The molecule has 1 atom stereocenters. The summed E-state index contributed by atoms with van der Waals surface area (Å²) in [6, 6.07) is 28.4. The second kappa shape index (κ2) is 10.0. The van der Waals surface area contributed by atoms with Crippen LogP contribution in [0.5, 0.6) is 0 Å². The molecule has 6 nitrogen and oxygen atoms in total. The standard InChI is InChI=1S/C28H29N5O/c1-21-27(22-10-4-2-5-11-22)28(30-25-15-9-8-14-24(25)29-21)31-26(34)20-32-16-18-33(19-17-32)23-12-6-3-7-13-23/h2-15,27H,16-20H2,1H3,(H,30,31,34)/t27-/m0/s1. The predicted molar refractivity (Wildman–Crippen MR) is 139 cm³/mol. The molecule has 0 aliphatic carbocycles. The molecule has 3 aromatic rings. The van der Waals surface area contributed by atoms with Crippen molar-refractivity contribution in [1.29, 1.82) is 0 Å². The summed E-state index contributed by atoms with van der Waals surface area (Å²) in [6.45, 7) is 5.86. The summed E-state index contributed by atoms with van der Waals surface area (Å²) in [6.07, 6.45) is 0. The van der Waals surface area contributed by atoms with Crippen LogP contribution in [0.15, 0.2) is 94.9 Å². The van der Waals surface area contributed by atoms with Crippen molar-refractivity contribution in [2.45, 2.75) is 12.8 Å². The van der Waals surface area contributed by atoms with Crippen LogP contribution in [0.2, 0.25) is 0 Å². The molecule has 0 aromatic heterocycles. The number of hydrogen-bond donors (Lipinski definition) is 1. The molecule has 6 heteroatoms. The number of anilines is 1. The van der Waals surface area contributed by atoms with Crippen LogP contribution in [0.25, 0.3) is 0 Å². The van der Waals surface area contributed by atoms with Gasteiger partial charge in [0.2, 0.25) is 5.91 Å². The summed E-state index contributed by atoms with van der Waals surface area (Å²) in [4.78, 5) is 27.4. The number of para-hydroxylation sites is 3. The van der Waals surface area contributed by atoms with Gasteiger partial charge in [0.1, 0.15) is 5.84 Å². The van der Waals surface area contributed by atoms with E-state index in [0.717, 1.165) is 48.8 Å². The lowest BCUT2D eigenvalue weighted by atomic mass is 9.93. The number of piperazine rings is 1. The molecule has 1 amide bonds. The highest BCUT2D eigenvalue weighted by atomic mass is 16.2. The first kappa shape index (κ1) is 22.0. The minimum Gasteiger partial charge on any atom is -0.369 e. The van der Waals surface area contributed by atoms with Crippen molar-refractivity contribution >= 4 is 34.5 Å². The minimum absolute atomic E-state index is 0.0416. The summed E-state index contributed by atoms with van der Waals surface area (Å²) < 4.78 is 0. The Balaban J connectivity index is 1.31. The Labute approximate surface area is 200 Å². The number of amidine groups is 1. The molecule has 172 valence electrons. The van der Waals surface area contributed by atoms with Gasteiger partial charge in [-0.25, -0.2) is 4.99 Å². The van der Waals surface area contributed by atoms with Crippen LogP contribution in [-0.4, -0.2) is 55.1 Å². The van der Waals surface area contributed by atoms with Crippen LogP contribution in [0.3, 0.4) is 0 Å². The molecule has 1 N–H and O–H groups in total. The quantitative estimate of drug-likeness (QED) is 0.633. The van der Waals surface area contributed by atoms with Gasteiger partial charge in [-0.2, -0.15) is 0 Å². The minimum atomic E-state index is -0.201. The highest BCUT2D eigenvalue weighted by Crippen LogP contribution is 2.34. The molecule has 3 aromatic carbocycles. The lowest BCUT2D eigenvalue weighted by Crippen LogP contribution is -2.50. The smallest absolute Gasteiger partial charge is 0.239 e. The number of carbonyl (C=O) groups is 1. The van der Waals surface area contributed by atoms with Gasteiger partial charge in [0.15, 0.2) is 0 Å². The number of carbonyl (C=O) groups excluding carboxylic acids is 1. The van der Waals surface area contributed by atoms with Crippen LogP contribution < -0.4 is 10.2 Å². The monoisotopic (exact) mass is 451 g/mol. The third-order valence-electron chi connectivity index (χ3n) is 6.37. The largest absolute Gasteiger partial charge is 0.369 e. The summed E-state index contributed by atoms with van der Waals surface area (Å²) in [5, 5.41) is 3.14. The van der Waals surface area contributed by atoms with Crippen molar-refractivity contribution in [2.75, 3.05) is 37.6 Å². The molecule has 0 bridgehead atoms. The maximum Gasteiger partial charge on any atom is 0.239 e.